The van der Waals surface area contributed by atoms with Crippen molar-refractivity contribution in [2.45, 2.75) is 25.4 Å². The average Bonchev–Trinajstić information content (AvgIpc) is 2.43. The lowest BCUT2D eigenvalue weighted by Gasteiger charge is -2.21. The Morgan fingerprint density at radius 2 is 1.74 bits per heavy atom. The summed E-state index contributed by atoms with van der Waals surface area (Å²) in [5.74, 6) is 2.01. The fraction of sp³-hybridized carbons (Fsp3) is 0.467. The molecule has 0 aromatic heterocycles. The van der Waals surface area contributed by atoms with Crippen molar-refractivity contribution in [1.29, 1.82) is 0 Å². The second kappa shape index (κ2) is 6.48. The van der Waals surface area contributed by atoms with E-state index in [1.54, 1.807) is 34.3 Å². The summed E-state index contributed by atoms with van der Waals surface area (Å²) < 4.78 is 16.0. The molecule has 1 rings (SSSR count). The molecular weight excluding hydrogens is 244 g/mol. The highest BCUT2D eigenvalue weighted by Crippen LogP contribution is 2.38. The largest absolute Gasteiger partial charge is 0.496 e. The van der Waals surface area contributed by atoms with Gasteiger partial charge in [0.2, 0.25) is 0 Å². The van der Waals surface area contributed by atoms with Crippen molar-refractivity contribution in [2.75, 3.05) is 21.3 Å². The zero-order valence-corrected chi connectivity index (χ0v) is 12.0. The molecule has 1 unspecified atom stereocenters. The summed E-state index contributed by atoms with van der Waals surface area (Å²) in [4.78, 5) is 0. The standard InChI is InChI=1S/C15H22O4/c1-6-15(2,16)10-9-11-12(17-3)7-8-13(18-4)14(11)19-5/h6-8,16H,1,9-10H2,2-5H3. The number of methoxy groups -OCH3 is 3. The van der Waals surface area contributed by atoms with Gasteiger partial charge in [0.1, 0.15) is 5.75 Å². The summed E-state index contributed by atoms with van der Waals surface area (Å²) in [6.07, 6.45) is 2.66. The summed E-state index contributed by atoms with van der Waals surface area (Å²) >= 11 is 0. The predicted octanol–water partition coefficient (Wildman–Crippen LogP) is 2.58. The van der Waals surface area contributed by atoms with Crippen LogP contribution in [0.3, 0.4) is 0 Å². The van der Waals surface area contributed by atoms with Crippen LogP contribution in [0.5, 0.6) is 17.2 Å². The molecule has 106 valence electrons. The van der Waals surface area contributed by atoms with Crippen LogP contribution in [0, 0.1) is 0 Å². The van der Waals surface area contributed by atoms with E-state index in [1.807, 2.05) is 6.07 Å². The van der Waals surface area contributed by atoms with Gasteiger partial charge in [-0.25, -0.2) is 0 Å². The quantitative estimate of drug-likeness (QED) is 0.771. The van der Waals surface area contributed by atoms with Gasteiger partial charge in [-0.15, -0.1) is 6.58 Å². The minimum absolute atomic E-state index is 0.524. The van der Waals surface area contributed by atoms with Crippen molar-refractivity contribution in [3.8, 4) is 17.2 Å². The van der Waals surface area contributed by atoms with E-state index < -0.39 is 5.60 Å². The molecule has 0 aliphatic rings. The first-order valence-electron chi connectivity index (χ1n) is 6.13. The highest BCUT2D eigenvalue weighted by Gasteiger charge is 2.20. The molecule has 4 heteroatoms. The lowest BCUT2D eigenvalue weighted by Crippen LogP contribution is -2.21. The molecule has 4 nitrogen and oxygen atoms in total. The SMILES string of the molecule is C=CC(C)(O)CCc1c(OC)ccc(OC)c1OC. The molecule has 0 radical (unpaired) electrons. The lowest BCUT2D eigenvalue weighted by molar-refractivity contribution is 0.102. The Labute approximate surface area is 114 Å². The third-order valence-corrected chi connectivity index (χ3v) is 3.15. The van der Waals surface area contributed by atoms with Crippen LogP contribution in [-0.2, 0) is 6.42 Å². The molecule has 0 saturated carbocycles. The lowest BCUT2D eigenvalue weighted by atomic mass is 9.96. The Kier molecular flexibility index (Phi) is 5.24. The molecule has 0 aliphatic carbocycles. The Morgan fingerprint density at radius 1 is 1.16 bits per heavy atom. The van der Waals surface area contributed by atoms with E-state index in [2.05, 4.69) is 6.58 Å². The molecule has 0 aliphatic heterocycles. The summed E-state index contributed by atoms with van der Waals surface area (Å²) in [6.45, 7) is 5.35. The maximum atomic E-state index is 10.0. The molecule has 19 heavy (non-hydrogen) atoms. The van der Waals surface area contributed by atoms with E-state index in [1.165, 1.54) is 6.08 Å². The maximum absolute atomic E-state index is 10.0. The third kappa shape index (κ3) is 3.64. The monoisotopic (exact) mass is 266 g/mol. The molecule has 1 aromatic carbocycles. The number of hydrogen-bond donors (Lipinski definition) is 1. The summed E-state index contributed by atoms with van der Waals surface area (Å²) in [5, 5.41) is 10.0. The fourth-order valence-corrected chi connectivity index (χ4v) is 1.88. The van der Waals surface area contributed by atoms with Gasteiger partial charge in [0.25, 0.3) is 0 Å². The van der Waals surface area contributed by atoms with Crippen LogP contribution >= 0.6 is 0 Å². The molecule has 1 aromatic rings. The minimum atomic E-state index is -0.918. The van der Waals surface area contributed by atoms with Gasteiger partial charge in [-0.05, 0) is 31.9 Å². The van der Waals surface area contributed by atoms with Crippen molar-refractivity contribution in [3.63, 3.8) is 0 Å². The van der Waals surface area contributed by atoms with Crippen molar-refractivity contribution < 1.29 is 19.3 Å². The zero-order chi connectivity index (χ0) is 14.5. The number of ether oxygens (including phenoxy) is 3. The third-order valence-electron chi connectivity index (χ3n) is 3.15. The summed E-state index contributed by atoms with van der Waals surface area (Å²) in [6, 6.07) is 3.63. The van der Waals surface area contributed by atoms with Crippen LogP contribution in [0.25, 0.3) is 0 Å². The number of benzene rings is 1. The maximum Gasteiger partial charge on any atom is 0.167 e. The second-order valence-electron chi connectivity index (χ2n) is 4.54. The molecule has 0 spiro atoms. The van der Waals surface area contributed by atoms with Crippen LogP contribution in [-0.4, -0.2) is 32.0 Å². The van der Waals surface area contributed by atoms with Crippen molar-refractivity contribution >= 4 is 0 Å². The first kappa shape index (κ1) is 15.4. The summed E-state index contributed by atoms with van der Waals surface area (Å²) in [5.41, 5.74) is -0.0366. The highest BCUT2D eigenvalue weighted by molar-refractivity contribution is 5.54. The first-order valence-corrected chi connectivity index (χ1v) is 6.13. The molecule has 0 saturated heterocycles. The van der Waals surface area contributed by atoms with Gasteiger partial charge in [-0.1, -0.05) is 6.08 Å². The van der Waals surface area contributed by atoms with E-state index in [0.29, 0.717) is 24.3 Å². The molecular formula is C15H22O4. The van der Waals surface area contributed by atoms with Crippen LogP contribution < -0.4 is 14.2 Å². The molecule has 1 N–H and O–H groups in total. The van der Waals surface area contributed by atoms with Crippen LogP contribution in [0.15, 0.2) is 24.8 Å². The fourth-order valence-electron chi connectivity index (χ4n) is 1.88. The van der Waals surface area contributed by atoms with Gasteiger partial charge in [0.05, 0.1) is 26.9 Å². The van der Waals surface area contributed by atoms with E-state index >= 15 is 0 Å². The van der Waals surface area contributed by atoms with Gasteiger partial charge in [0.15, 0.2) is 11.5 Å². The Balaban J connectivity index is 3.11. The topological polar surface area (TPSA) is 47.9 Å². The highest BCUT2D eigenvalue weighted by atomic mass is 16.5. The van der Waals surface area contributed by atoms with Crippen LogP contribution in [0.2, 0.25) is 0 Å². The smallest absolute Gasteiger partial charge is 0.167 e. The molecule has 0 bridgehead atoms. The summed E-state index contributed by atoms with van der Waals surface area (Å²) in [7, 11) is 4.79. The second-order valence-corrected chi connectivity index (χ2v) is 4.54. The van der Waals surface area contributed by atoms with Gasteiger partial charge in [-0.3, -0.25) is 0 Å². The number of hydrogen-bond acceptors (Lipinski definition) is 4. The van der Waals surface area contributed by atoms with Crippen molar-refractivity contribution in [2.24, 2.45) is 0 Å². The average molecular weight is 266 g/mol. The molecule has 1 atom stereocenters. The Bertz CT molecular complexity index is 438. The van der Waals surface area contributed by atoms with Crippen LogP contribution in [0.4, 0.5) is 0 Å². The van der Waals surface area contributed by atoms with E-state index in [4.69, 9.17) is 14.2 Å². The minimum Gasteiger partial charge on any atom is -0.496 e. The number of aliphatic hydroxyl groups is 1. The van der Waals surface area contributed by atoms with Crippen LogP contribution in [0.1, 0.15) is 18.9 Å². The van der Waals surface area contributed by atoms with E-state index in [-0.39, 0.29) is 0 Å². The molecule has 0 amide bonds. The van der Waals surface area contributed by atoms with E-state index in [9.17, 15) is 5.11 Å². The first-order chi connectivity index (χ1) is 8.99. The number of rotatable bonds is 7. The normalized spacial score (nSPS) is 13.5. The van der Waals surface area contributed by atoms with Gasteiger partial charge in [0, 0.05) is 5.56 Å². The van der Waals surface area contributed by atoms with Crippen molar-refractivity contribution in [3.05, 3.63) is 30.4 Å². The predicted molar refractivity (Wildman–Crippen MR) is 75.2 cm³/mol. The zero-order valence-electron chi connectivity index (χ0n) is 12.0. The van der Waals surface area contributed by atoms with E-state index in [0.717, 1.165) is 11.3 Å². The Morgan fingerprint density at radius 3 is 2.21 bits per heavy atom. The molecule has 0 fully saturated rings. The van der Waals surface area contributed by atoms with Gasteiger partial charge >= 0.3 is 0 Å². The van der Waals surface area contributed by atoms with Crippen molar-refractivity contribution in [1.82, 2.24) is 0 Å². The van der Waals surface area contributed by atoms with Gasteiger partial charge in [-0.2, -0.15) is 0 Å². The Hall–Kier alpha value is -1.68. The van der Waals surface area contributed by atoms with Gasteiger partial charge < -0.3 is 19.3 Å². The molecule has 0 heterocycles.